The maximum absolute atomic E-state index is 9.10. The Kier molecular flexibility index (Phi) is 3.66. The molecule has 1 aromatic heterocycles. The van der Waals surface area contributed by atoms with E-state index in [0.717, 1.165) is 0 Å². The van der Waals surface area contributed by atoms with Gasteiger partial charge in [0.2, 0.25) is 0 Å². The van der Waals surface area contributed by atoms with Gasteiger partial charge < -0.3 is 15.2 Å². The molecule has 0 saturated heterocycles. The number of hydrogen-bond acceptors (Lipinski definition) is 2. The minimum absolute atomic E-state index is 1.22. The summed E-state index contributed by atoms with van der Waals surface area (Å²) in [4.78, 5) is 21.4. The molecule has 1 aromatic carbocycles. The molecule has 0 atom stereocenters. The molecule has 2 rings (SSSR count). The molecule has 0 unspecified atom stereocenters. The van der Waals surface area contributed by atoms with Crippen molar-refractivity contribution < 1.29 is 19.8 Å². The number of nitrogens with one attached hydrogen (secondary N) is 1. The summed E-state index contributed by atoms with van der Waals surface area (Å²) in [7, 11) is 0. The first-order valence-electron chi connectivity index (χ1n) is 4.50. The SMILES string of the molecule is Cc1ccc2cc[nH]c2c1.O=C(O)C(=O)O. The van der Waals surface area contributed by atoms with Gasteiger partial charge in [0.25, 0.3) is 0 Å². The average Bonchev–Trinajstić information content (AvgIpc) is 2.65. The van der Waals surface area contributed by atoms with E-state index < -0.39 is 11.9 Å². The fraction of sp³-hybridized carbons (Fsp3) is 0.0909. The van der Waals surface area contributed by atoms with Crippen molar-refractivity contribution in [2.75, 3.05) is 0 Å². The molecule has 0 radical (unpaired) electrons. The zero-order chi connectivity index (χ0) is 12.1. The Hall–Kier alpha value is -2.30. The van der Waals surface area contributed by atoms with E-state index in [4.69, 9.17) is 19.8 Å². The first-order valence-corrected chi connectivity index (χ1v) is 4.50. The monoisotopic (exact) mass is 221 g/mol. The van der Waals surface area contributed by atoms with E-state index in [1.807, 2.05) is 6.20 Å². The molecule has 1 heterocycles. The number of carboxylic acids is 2. The van der Waals surface area contributed by atoms with Crippen LogP contribution in [-0.4, -0.2) is 27.1 Å². The molecule has 3 N–H and O–H groups in total. The average molecular weight is 221 g/mol. The molecule has 0 amide bonds. The van der Waals surface area contributed by atoms with Crippen molar-refractivity contribution in [2.24, 2.45) is 0 Å². The summed E-state index contributed by atoms with van der Waals surface area (Å²) in [6.07, 6.45) is 1.96. The summed E-state index contributed by atoms with van der Waals surface area (Å²) in [5.41, 5.74) is 2.52. The van der Waals surface area contributed by atoms with Crippen LogP contribution in [-0.2, 0) is 9.59 Å². The Morgan fingerprint density at radius 3 is 2.31 bits per heavy atom. The van der Waals surface area contributed by atoms with Gasteiger partial charge in [0.15, 0.2) is 0 Å². The van der Waals surface area contributed by atoms with Gasteiger partial charge in [0, 0.05) is 11.7 Å². The predicted molar refractivity (Wildman–Crippen MR) is 58.3 cm³/mol. The van der Waals surface area contributed by atoms with Crippen LogP contribution in [0.3, 0.4) is 0 Å². The van der Waals surface area contributed by atoms with Crippen molar-refractivity contribution in [1.82, 2.24) is 4.98 Å². The molecule has 0 fully saturated rings. The highest BCUT2D eigenvalue weighted by molar-refractivity contribution is 6.27. The maximum atomic E-state index is 9.10. The quantitative estimate of drug-likeness (QED) is 0.590. The lowest BCUT2D eigenvalue weighted by Crippen LogP contribution is -2.09. The molecule has 84 valence electrons. The second kappa shape index (κ2) is 4.97. The molecule has 0 spiro atoms. The van der Waals surface area contributed by atoms with Gasteiger partial charge in [-0.05, 0) is 30.0 Å². The van der Waals surface area contributed by atoms with Crippen LogP contribution >= 0.6 is 0 Å². The van der Waals surface area contributed by atoms with Crippen molar-refractivity contribution in [3.63, 3.8) is 0 Å². The zero-order valence-electron chi connectivity index (χ0n) is 8.60. The highest BCUT2D eigenvalue weighted by atomic mass is 16.4. The highest BCUT2D eigenvalue weighted by Gasteiger charge is 2.04. The van der Waals surface area contributed by atoms with Gasteiger partial charge in [0.1, 0.15) is 0 Å². The summed E-state index contributed by atoms with van der Waals surface area (Å²) < 4.78 is 0. The van der Waals surface area contributed by atoms with Crippen LogP contribution in [0.1, 0.15) is 5.56 Å². The summed E-state index contributed by atoms with van der Waals surface area (Å²) in [5.74, 6) is -3.65. The van der Waals surface area contributed by atoms with Crippen LogP contribution in [0, 0.1) is 6.92 Å². The predicted octanol–water partition coefficient (Wildman–Crippen LogP) is 1.63. The van der Waals surface area contributed by atoms with E-state index in [2.05, 4.69) is 36.2 Å². The van der Waals surface area contributed by atoms with E-state index in [1.165, 1.54) is 16.5 Å². The van der Waals surface area contributed by atoms with Crippen molar-refractivity contribution in [2.45, 2.75) is 6.92 Å². The number of hydrogen-bond donors (Lipinski definition) is 3. The number of carbonyl (C=O) groups is 2. The van der Waals surface area contributed by atoms with E-state index in [-0.39, 0.29) is 0 Å². The first-order chi connectivity index (χ1) is 7.50. The third kappa shape index (κ3) is 3.13. The Morgan fingerprint density at radius 2 is 1.75 bits per heavy atom. The van der Waals surface area contributed by atoms with Crippen LogP contribution < -0.4 is 0 Å². The Bertz CT molecular complexity index is 503. The number of aromatic amines is 1. The fourth-order valence-electron chi connectivity index (χ4n) is 1.16. The van der Waals surface area contributed by atoms with Gasteiger partial charge >= 0.3 is 11.9 Å². The molecule has 0 aliphatic rings. The lowest BCUT2D eigenvalue weighted by atomic mass is 10.2. The largest absolute Gasteiger partial charge is 0.473 e. The molecule has 5 nitrogen and oxygen atoms in total. The molecule has 2 aromatic rings. The Labute approximate surface area is 91.3 Å². The number of aliphatic carboxylic acids is 2. The number of benzene rings is 1. The summed E-state index contributed by atoms with van der Waals surface area (Å²) in [6.45, 7) is 2.10. The van der Waals surface area contributed by atoms with E-state index in [9.17, 15) is 0 Å². The van der Waals surface area contributed by atoms with Gasteiger partial charge in [-0.2, -0.15) is 0 Å². The molecule has 0 bridgehead atoms. The lowest BCUT2D eigenvalue weighted by Gasteiger charge is -1.90. The topological polar surface area (TPSA) is 90.4 Å². The van der Waals surface area contributed by atoms with Crippen LogP contribution in [0.5, 0.6) is 0 Å². The van der Waals surface area contributed by atoms with Crippen molar-refractivity contribution >= 4 is 22.8 Å². The van der Waals surface area contributed by atoms with Crippen molar-refractivity contribution in [3.05, 3.63) is 36.0 Å². The van der Waals surface area contributed by atoms with Crippen LogP contribution in [0.15, 0.2) is 30.5 Å². The first kappa shape index (κ1) is 11.8. The number of aryl methyl sites for hydroxylation is 1. The third-order valence-electron chi connectivity index (χ3n) is 1.89. The minimum Gasteiger partial charge on any atom is -0.473 e. The number of rotatable bonds is 0. The second-order valence-electron chi connectivity index (χ2n) is 3.18. The minimum atomic E-state index is -1.82. The summed E-state index contributed by atoms with van der Waals surface area (Å²) >= 11 is 0. The molecule has 0 saturated carbocycles. The molecule has 5 heteroatoms. The zero-order valence-corrected chi connectivity index (χ0v) is 8.60. The van der Waals surface area contributed by atoms with Crippen LogP contribution in [0.4, 0.5) is 0 Å². The normalized spacial score (nSPS) is 9.31. The van der Waals surface area contributed by atoms with Crippen LogP contribution in [0.25, 0.3) is 10.9 Å². The van der Waals surface area contributed by atoms with Gasteiger partial charge in [-0.15, -0.1) is 0 Å². The van der Waals surface area contributed by atoms with Gasteiger partial charge in [-0.1, -0.05) is 12.1 Å². The molecule has 0 aliphatic carbocycles. The second-order valence-corrected chi connectivity index (χ2v) is 3.18. The van der Waals surface area contributed by atoms with E-state index >= 15 is 0 Å². The number of aromatic nitrogens is 1. The van der Waals surface area contributed by atoms with Gasteiger partial charge in [-0.3, -0.25) is 0 Å². The smallest absolute Gasteiger partial charge is 0.414 e. The molecular weight excluding hydrogens is 210 g/mol. The van der Waals surface area contributed by atoms with Gasteiger partial charge in [-0.25, -0.2) is 9.59 Å². The molecular formula is C11H11NO4. The number of H-pyrrole nitrogens is 1. The number of fused-ring (bicyclic) bond motifs is 1. The van der Waals surface area contributed by atoms with Gasteiger partial charge in [0.05, 0.1) is 0 Å². The molecule has 16 heavy (non-hydrogen) atoms. The van der Waals surface area contributed by atoms with Crippen LogP contribution in [0.2, 0.25) is 0 Å². The molecule has 0 aliphatic heterocycles. The maximum Gasteiger partial charge on any atom is 0.414 e. The number of carboxylic acid groups (broad SMARTS) is 2. The lowest BCUT2D eigenvalue weighted by molar-refractivity contribution is -0.159. The fourth-order valence-corrected chi connectivity index (χ4v) is 1.16. The standard InChI is InChI=1S/C9H9N.C2H2O4/c1-7-2-3-8-4-5-10-9(8)6-7;3-1(4)2(5)6/h2-6,10H,1H3;(H,3,4)(H,5,6). The van der Waals surface area contributed by atoms with E-state index in [0.29, 0.717) is 0 Å². The summed E-state index contributed by atoms with van der Waals surface area (Å²) in [5, 5.41) is 16.1. The third-order valence-corrected chi connectivity index (χ3v) is 1.89. The van der Waals surface area contributed by atoms with E-state index in [1.54, 1.807) is 0 Å². The Balaban J connectivity index is 0.000000187. The van der Waals surface area contributed by atoms with Crippen molar-refractivity contribution in [1.29, 1.82) is 0 Å². The Morgan fingerprint density at radius 1 is 1.12 bits per heavy atom. The summed E-state index contributed by atoms with van der Waals surface area (Å²) in [6, 6.07) is 8.47. The van der Waals surface area contributed by atoms with Crippen molar-refractivity contribution in [3.8, 4) is 0 Å². The highest BCUT2D eigenvalue weighted by Crippen LogP contribution is 2.12.